The summed E-state index contributed by atoms with van der Waals surface area (Å²) >= 11 is 0. The number of nitrogens with zero attached hydrogens (tertiary/aromatic N) is 2. The number of rotatable bonds is 1. The number of fused-ring (bicyclic) bond motifs is 1. The van der Waals surface area contributed by atoms with Gasteiger partial charge in [-0.1, -0.05) is 12.1 Å². The molecule has 4 N–H and O–H groups in total. The highest BCUT2D eigenvalue weighted by atomic mass is 19.4. The summed E-state index contributed by atoms with van der Waals surface area (Å²) in [6.07, 6.45) is -4.72. The average Bonchev–Trinajstić information content (AvgIpc) is 2.89. The van der Waals surface area contributed by atoms with Gasteiger partial charge in [0.1, 0.15) is 23.1 Å². The van der Waals surface area contributed by atoms with Crippen LogP contribution in [0.15, 0.2) is 35.7 Å². The molecule has 0 unspecified atom stereocenters. The van der Waals surface area contributed by atoms with Crippen LogP contribution in [0.2, 0.25) is 0 Å². The number of aromatic hydroxyl groups is 1. The number of benzene rings is 1. The highest BCUT2D eigenvalue weighted by Gasteiger charge is 2.44. The summed E-state index contributed by atoms with van der Waals surface area (Å²) in [4.78, 5) is 0. The average molecular weight is 322 g/mol. The third-order valence-corrected chi connectivity index (χ3v) is 3.43. The number of nitrogens with two attached hydrogens (primary N) is 1. The molecule has 118 valence electrons. The van der Waals surface area contributed by atoms with Crippen LogP contribution in [0.3, 0.4) is 0 Å². The normalized spacial score (nSPS) is 17.4. The van der Waals surface area contributed by atoms with Crippen LogP contribution in [0, 0.1) is 11.3 Å². The lowest BCUT2D eigenvalue weighted by Gasteiger charge is -2.24. The van der Waals surface area contributed by atoms with Crippen molar-refractivity contribution >= 4 is 0 Å². The summed E-state index contributed by atoms with van der Waals surface area (Å²) in [6.45, 7) is 0. The topological polar surface area (TPSA) is 108 Å². The molecule has 0 saturated carbocycles. The van der Waals surface area contributed by atoms with Crippen molar-refractivity contribution < 1.29 is 23.0 Å². The molecule has 1 aliphatic rings. The number of hydrogen-bond donors (Lipinski definition) is 3. The van der Waals surface area contributed by atoms with Gasteiger partial charge < -0.3 is 15.6 Å². The monoisotopic (exact) mass is 322 g/mol. The summed E-state index contributed by atoms with van der Waals surface area (Å²) in [5, 5.41) is 24.2. The molecule has 2 heterocycles. The summed E-state index contributed by atoms with van der Waals surface area (Å²) < 4.78 is 44.6. The first-order valence-electron chi connectivity index (χ1n) is 6.35. The first-order chi connectivity index (χ1) is 10.8. The quantitative estimate of drug-likeness (QED) is 0.747. The van der Waals surface area contributed by atoms with E-state index in [4.69, 9.17) is 10.5 Å². The van der Waals surface area contributed by atoms with Gasteiger partial charge in [0.2, 0.25) is 11.8 Å². The second kappa shape index (κ2) is 4.95. The maximum Gasteiger partial charge on any atom is 0.433 e. The summed E-state index contributed by atoms with van der Waals surface area (Å²) in [7, 11) is 0. The SMILES string of the molecule is N#CC1=C(N)Oc2n[nH]c(C(F)(F)F)c2[C@@H]1c1cccc(O)c1. The van der Waals surface area contributed by atoms with Crippen LogP contribution in [0.1, 0.15) is 22.7 Å². The fraction of sp³-hybridized carbons (Fsp3) is 0.143. The molecule has 0 saturated heterocycles. The number of phenols is 1. The molecule has 1 aromatic heterocycles. The Morgan fingerprint density at radius 1 is 1.39 bits per heavy atom. The van der Waals surface area contributed by atoms with E-state index in [-0.39, 0.29) is 34.2 Å². The van der Waals surface area contributed by atoms with Crippen molar-refractivity contribution in [2.45, 2.75) is 12.1 Å². The standard InChI is InChI=1S/C14H9F3N4O2/c15-14(16,17)11-10-9(6-2-1-3-7(22)4-6)8(5-18)12(19)23-13(10)21-20-11/h1-4,9,22H,19H2,(H,20,21)/t9-/m1/s1. The van der Waals surface area contributed by atoms with Gasteiger partial charge in [0, 0.05) is 0 Å². The number of ether oxygens (including phenoxy) is 1. The lowest BCUT2D eigenvalue weighted by atomic mass is 9.84. The predicted molar refractivity (Wildman–Crippen MR) is 71.0 cm³/mol. The van der Waals surface area contributed by atoms with E-state index in [1.807, 2.05) is 5.10 Å². The van der Waals surface area contributed by atoms with E-state index in [9.17, 15) is 23.5 Å². The van der Waals surface area contributed by atoms with Gasteiger partial charge in [-0.25, -0.2) is 0 Å². The molecule has 9 heteroatoms. The Hall–Kier alpha value is -3.15. The van der Waals surface area contributed by atoms with Crippen molar-refractivity contribution in [3.05, 3.63) is 52.5 Å². The van der Waals surface area contributed by atoms with Gasteiger partial charge in [0.25, 0.3) is 0 Å². The summed E-state index contributed by atoms with van der Waals surface area (Å²) in [5.41, 5.74) is 4.24. The Balaban J connectivity index is 2.28. The fourth-order valence-electron chi connectivity index (χ4n) is 2.50. The van der Waals surface area contributed by atoms with E-state index >= 15 is 0 Å². The molecule has 0 amide bonds. The number of hydrogen-bond acceptors (Lipinski definition) is 5. The third-order valence-electron chi connectivity index (χ3n) is 3.43. The van der Waals surface area contributed by atoms with Gasteiger partial charge in [0.15, 0.2) is 0 Å². The first kappa shape index (κ1) is 14.8. The molecule has 3 rings (SSSR count). The molecular formula is C14H9F3N4O2. The van der Waals surface area contributed by atoms with Gasteiger partial charge in [-0.2, -0.15) is 18.4 Å². The molecule has 0 bridgehead atoms. The number of allylic oxidation sites excluding steroid dienone is 1. The number of alkyl halides is 3. The second-order valence-corrected chi connectivity index (χ2v) is 4.83. The highest BCUT2D eigenvalue weighted by molar-refractivity contribution is 5.56. The molecule has 23 heavy (non-hydrogen) atoms. The lowest BCUT2D eigenvalue weighted by Crippen LogP contribution is -2.22. The zero-order valence-electron chi connectivity index (χ0n) is 11.3. The number of H-pyrrole nitrogens is 1. The number of aromatic amines is 1. The molecule has 0 aliphatic carbocycles. The van der Waals surface area contributed by atoms with Gasteiger partial charge in [0.05, 0.1) is 11.5 Å². The van der Waals surface area contributed by atoms with E-state index in [1.54, 1.807) is 6.07 Å². The third kappa shape index (κ3) is 2.34. The van der Waals surface area contributed by atoms with Crippen LogP contribution in [-0.2, 0) is 6.18 Å². The Morgan fingerprint density at radius 2 is 2.13 bits per heavy atom. The first-order valence-corrected chi connectivity index (χ1v) is 6.35. The van der Waals surface area contributed by atoms with Crippen LogP contribution < -0.4 is 10.5 Å². The number of nitriles is 1. The van der Waals surface area contributed by atoms with E-state index < -0.39 is 17.8 Å². The lowest BCUT2D eigenvalue weighted by molar-refractivity contribution is -0.141. The molecule has 1 aromatic carbocycles. The second-order valence-electron chi connectivity index (χ2n) is 4.83. The molecule has 0 fully saturated rings. The maximum absolute atomic E-state index is 13.2. The van der Waals surface area contributed by atoms with Gasteiger partial charge in [-0.15, -0.1) is 5.10 Å². The zero-order chi connectivity index (χ0) is 16.8. The smallest absolute Gasteiger partial charge is 0.433 e. The Kier molecular flexibility index (Phi) is 3.18. The van der Waals surface area contributed by atoms with Crippen LogP contribution in [-0.4, -0.2) is 15.3 Å². The van der Waals surface area contributed by atoms with Crippen LogP contribution >= 0.6 is 0 Å². The highest BCUT2D eigenvalue weighted by Crippen LogP contribution is 2.47. The molecule has 0 radical (unpaired) electrons. The molecule has 0 spiro atoms. The molecule has 6 nitrogen and oxygen atoms in total. The van der Waals surface area contributed by atoms with Gasteiger partial charge >= 0.3 is 6.18 Å². The largest absolute Gasteiger partial charge is 0.508 e. The summed E-state index contributed by atoms with van der Waals surface area (Å²) in [5.74, 6) is -1.97. The van der Waals surface area contributed by atoms with Crippen LogP contribution in [0.25, 0.3) is 0 Å². The molecular weight excluding hydrogens is 313 g/mol. The van der Waals surface area contributed by atoms with Crippen LogP contribution in [0.4, 0.5) is 13.2 Å². The van der Waals surface area contributed by atoms with Crippen molar-refractivity contribution in [3.63, 3.8) is 0 Å². The maximum atomic E-state index is 13.2. The van der Waals surface area contributed by atoms with E-state index in [0.29, 0.717) is 0 Å². The van der Waals surface area contributed by atoms with Gasteiger partial charge in [-0.3, -0.25) is 5.10 Å². The Morgan fingerprint density at radius 3 is 2.74 bits per heavy atom. The number of halogens is 3. The van der Waals surface area contributed by atoms with Crippen molar-refractivity contribution in [3.8, 4) is 17.7 Å². The van der Waals surface area contributed by atoms with E-state index in [0.717, 1.165) is 0 Å². The van der Waals surface area contributed by atoms with Gasteiger partial charge in [-0.05, 0) is 17.7 Å². The number of nitrogens with one attached hydrogen (secondary N) is 1. The van der Waals surface area contributed by atoms with Crippen molar-refractivity contribution in [2.24, 2.45) is 5.73 Å². The minimum atomic E-state index is -4.72. The van der Waals surface area contributed by atoms with Crippen molar-refractivity contribution in [2.75, 3.05) is 0 Å². The fourth-order valence-corrected chi connectivity index (χ4v) is 2.50. The minimum Gasteiger partial charge on any atom is -0.508 e. The predicted octanol–water partition coefficient (Wildman–Crippen LogP) is 2.35. The summed E-state index contributed by atoms with van der Waals surface area (Å²) in [6, 6.07) is 7.34. The van der Waals surface area contributed by atoms with Crippen molar-refractivity contribution in [1.82, 2.24) is 10.2 Å². The molecule has 2 aromatic rings. The number of aromatic nitrogens is 2. The molecule has 1 atom stereocenters. The van der Waals surface area contributed by atoms with Crippen molar-refractivity contribution in [1.29, 1.82) is 5.26 Å². The van der Waals surface area contributed by atoms with Crippen LogP contribution in [0.5, 0.6) is 11.6 Å². The van der Waals surface area contributed by atoms with E-state index in [1.165, 1.54) is 24.3 Å². The molecule has 1 aliphatic heterocycles. The number of phenolic OH excluding ortho intramolecular Hbond substituents is 1. The minimum absolute atomic E-state index is 0.150. The van der Waals surface area contributed by atoms with E-state index in [2.05, 4.69) is 5.10 Å². The Bertz CT molecular complexity index is 848. The zero-order valence-corrected chi connectivity index (χ0v) is 11.3. The Labute approximate surface area is 127 Å².